The van der Waals surface area contributed by atoms with Crippen LogP contribution in [0.3, 0.4) is 0 Å². The van der Waals surface area contributed by atoms with Gasteiger partial charge in [0.1, 0.15) is 0 Å². The molecule has 1 saturated carbocycles. The lowest BCUT2D eigenvalue weighted by Crippen LogP contribution is -2.51. The number of hydrogen-bond acceptors (Lipinski definition) is 6. The first-order valence-corrected chi connectivity index (χ1v) is 9.34. The number of hydrogen-bond donors (Lipinski definition) is 1. The van der Waals surface area contributed by atoms with Crippen LogP contribution in [0.1, 0.15) is 35.4 Å². The van der Waals surface area contributed by atoms with E-state index in [0.29, 0.717) is 37.5 Å². The number of nitrogens with two attached hydrogens (primary N) is 1. The van der Waals surface area contributed by atoms with Crippen molar-refractivity contribution in [3.8, 4) is 0 Å². The summed E-state index contributed by atoms with van der Waals surface area (Å²) in [6.07, 6.45) is 3.59. The predicted octanol–water partition coefficient (Wildman–Crippen LogP) is 1.46. The first kappa shape index (κ1) is 17.8. The third-order valence-corrected chi connectivity index (χ3v) is 6.08. The third kappa shape index (κ3) is 3.98. The van der Waals surface area contributed by atoms with Crippen LogP contribution in [0.25, 0.3) is 0 Å². The van der Waals surface area contributed by atoms with Crippen LogP contribution >= 0.6 is 11.3 Å². The van der Waals surface area contributed by atoms with Gasteiger partial charge in [0.15, 0.2) is 0 Å². The molecule has 25 heavy (non-hydrogen) atoms. The van der Waals surface area contributed by atoms with Crippen molar-refractivity contribution >= 4 is 28.2 Å². The Morgan fingerprint density at radius 1 is 1.20 bits per heavy atom. The van der Waals surface area contributed by atoms with E-state index in [1.165, 1.54) is 12.1 Å². The summed E-state index contributed by atoms with van der Waals surface area (Å²) >= 11 is 0.887. The van der Waals surface area contributed by atoms with Crippen molar-refractivity contribution in [1.29, 1.82) is 0 Å². The molecule has 0 bridgehead atoms. The summed E-state index contributed by atoms with van der Waals surface area (Å²) in [4.78, 5) is 38.9. The quantitative estimate of drug-likeness (QED) is 0.641. The van der Waals surface area contributed by atoms with Crippen molar-refractivity contribution in [2.75, 3.05) is 26.2 Å². The molecule has 0 aromatic carbocycles. The minimum Gasteiger partial charge on any atom is -0.339 e. The van der Waals surface area contributed by atoms with Crippen LogP contribution in [0.15, 0.2) is 12.1 Å². The van der Waals surface area contributed by atoms with Crippen LogP contribution in [0.4, 0.5) is 5.00 Å². The Balaban J connectivity index is 1.51. The second-order valence-corrected chi connectivity index (χ2v) is 7.69. The molecule has 1 aromatic heterocycles. The highest BCUT2D eigenvalue weighted by Crippen LogP contribution is 2.28. The van der Waals surface area contributed by atoms with Gasteiger partial charge in [-0.1, -0.05) is 17.8 Å². The smallest absolute Gasteiger partial charge is 0.324 e. The number of carbonyl (C=O) groups excluding carboxylic acids is 2. The molecular formula is C16H22N4O4S. The van der Waals surface area contributed by atoms with Gasteiger partial charge in [0.25, 0.3) is 5.91 Å². The molecule has 2 heterocycles. The summed E-state index contributed by atoms with van der Waals surface area (Å²) in [6, 6.07) is 2.97. The SMILES string of the molecule is N[C@@H]1CCC[C@H]1CC(=O)N1CCN(C(=O)c2ccc([N+](=O)[O-])s2)CC1. The van der Waals surface area contributed by atoms with Crippen molar-refractivity contribution in [3.63, 3.8) is 0 Å². The van der Waals surface area contributed by atoms with Crippen molar-refractivity contribution in [1.82, 2.24) is 9.80 Å². The molecule has 9 heteroatoms. The lowest BCUT2D eigenvalue weighted by molar-refractivity contribution is -0.380. The molecule has 1 aliphatic heterocycles. The van der Waals surface area contributed by atoms with Crippen LogP contribution in [0.5, 0.6) is 0 Å². The van der Waals surface area contributed by atoms with Gasteiger partial charge in [-0.25, -0.2) is 0 Å². The molecule has 1 aromatic rings. The maximum absolute atomic E-state index is 12.4. The average Bonchev–Trinajstić information content (AvgIpc) is 3.24. The summed E-state index contributed by atoms with van der Waals surface area (Å²) in [5.41, 5.74) is 6.04. The lowest BCUT2D eigenvalue weighted by atomic mass is 9.99. The largest absolute Gasteiger partial charge is 0.339 e. The number of amides is 2. The molecule has 1 aliphatic carbocycles. The minimum absolute atomic E-state index is 0.0370. The zero-order valence-corrected chi connectivity index (χ0v) is 14.7. The summed E-state index contributed by atoms with van der Waals surface area (Å²) in [5.74, 6) is 0.183. The molecule has 136 valence electrons. The van der Waals surface area contributed by atoms with Crippen LogP contribution in [0.2, 0.25) is 0 Å². The molecule has 8 nitrogen and oxygen atoms in total. The maximum atomic E-state index is 12.4. The first-order chi connectivity index (χ1) is 12.0. The Kier molecular flexibility index (Phi) is 5.33. The fourth-order valence-corrected chi connectivity index (χ4v) is 4.32. The van der Waals surface area contributed by atoms with Gasteiger partial charge in [-0.05, 0) is 24.8 Å². The van der Waals surface area contributed by atoms with E-state index >= 15 is 0 Å². The standard InChI is InChI=1S/C16H22N4O4S/c17-12-3-1-2-11(12)10-14(21)18-6-8-19(9-7-18)16(22)13-4-5-15(25-13)20(23)24/h4-5,11-12H,1-3,6-10,17H2/t11-,12+/m0/s1. The molecule has 2 fully saturated rings. The second-order valence-electron chi connectivity index (χ2n) is 6.63. The van der Waals surface area contributed by atoms with E-state index in [-0.39, 0.29) is 28.8 Å². The molecule has 3 rings (SSSR count). The van der Waals surface area contributed by atoms with E-state index in [4.69, 9.17) is 5.73 Å². The number of rotatable bonds is 4. The van der Waals surface area contributed by atoms with Crippen LogP contribution in [-0.2, 0) is 4.79 Å². The molecule has 0 unspecified atom stereocenters. The van der Waals surface area contributed by atoms with E-state index in [0.717, 1.165) is 30.6 Å². The van der Waals surface area contributed by atoms with Gasteiger partial charge in [0.2, 0.25) is 5.91 Å². The second kappa shape index (κ2) is 7.49. The Morgan fingerprint density at radius 3 is 2.44 bits per heavy atom. The highest BCUT2D eigenvalue weighted by molar-refractivity contribution is 7.17. The van der Waals surface area contributed by atoms with Gasteiger partial charge < -0.3 is 15.5 Å². The predicted molar refractivity (Wildman–Crippen MR) is 93.4 cm³/mol. The summed E-state index contributed by atoms with van der Waals surface area (Å²) < 4.78 is 0. The Morgan fingerprint density at radius 2 is 1.88 bits per heavy atom. The van der Waals surface area contributed by atoms with Crippen molar-refractivity contribution < 1.29 is 14.5 Å². The van der Waals surface area contributed by atoms with Crippen LogP contribution < -0.4 is 5.73 Å². The van der Waals surface area contributed by atoms with Crippen molar-refractivity contribution in [2.24, 2.45) is 11.7 Å². The maximum Gasteiger partial charge on any atom is 0.324 e. The topological polar surface area (TPSA) is 110 Å². The minimum atomic E-state index is -0.494. The van der Waals surface area contributed by atoms with Gasteiger partial charge >= 0.3 is 5.00 Å². The number of nitrogens with zero attached hydrogens (tertiary/aromatic N) is 3. The number of piperazine rings is 1. The lowest BCUT2D eigenvalue weighted by Gasteiger charge is -2.35. The van der Waals surface area contributed by atoms with E-state index in [1.807, 2.05) is 0 Å². The molecule has 2 N–H and O–H groups in total. The van der Waals surface area contributed by atoms with E-state index in [2.05, 4.69) is 0 Å². The van der Waals surface area contributed by atoms with Gasteiger partial charge in [-0.2, -0.15) is 0 Å². The van der Waals surface area contributed by atoms with Gasteiger partial charge in [-0.15, -0.1) is 0 Å². The van der Waals surface area contributed by atoms with Crippen molar-refractivity contribution in [3.05, 3.63) is 27.1 Å². The zero-order chi connectivity index (χ0) is 18.0. The summed E-state index contributed by atoms with van der Waals surface area (Å²) in [6.45, 7) is 1.90. The summed E-state index contributed by atoms with van der Waals surface area (Å²) in [7, 11) is 0. The molecule has 0 spiro atoms. The fraction of sp³-hybridized carbons (Fsp3) is 0.625. The van der Waals surface area contributed by atoms with E-state index in [1.54, 1.807) is 9.80 Å². The average molecular weight is 366 g/mol. The molecular weight excluding hydrogens is 344 g/mol. The molecule has 2 amide bonds. The number of carbonyl (C=O) groups is 2. The van der Waals surface area contributed by atoms with Gasteiger partial charge in [0, 0.05) is 44.7 Å². The monoisotopic (exact) mass is 366 g/mol. The van der Waals surface area contributed by atoms with Gasteiger partial charge in [-0.3, -0.25) is 19.7 Å². The number of thiophene rings is 1. The first-order valence-electron chi connectivity index (χ1n) is 8.52. The third-order valence-electron chi connectivity index (χ3n) is 5.06. The molecule has 2 atom stereocenters. The Hall–Kier alpha value is -2.00. The van der Waals surface area contributed by atoms with E-state index < -0.39 is 4.92 Å². The molecule has 2 aliphatic rings. The van der Waals surface area contributed by atoms with Gasteiger partial charge in [0.05, 0.1) is 9.80 Å². The van der Waals surface area contributed by atoms with Crippen LogP contribution in [-0.4, -0.2) is 58.8 Å². The fourth-order valence-electron chi connectivity index (χ4n) is 3.53. The zero-order valence-electron chi connectivity index (χ0n) is 13.9. The Labute approximate surface area is 149 Å². The Bertz CT molecular complexity index is 669. The van der Waals surface area contributed by atoms with Crippen molar-refractivity contribution in [2.45, 2.75) is 31.7 Å². The summed E-state index contributed by atoms with van der Waals surface area (Å²) in [5, 5.41) is 10.7. The number of nitro groups is 1. The van der Waals surface area contributed by atoms with E-state index in [9.17, 15) is 19.7 Å². The molecule has 0 radical (unpaired) electrons. The molecule has 1 saturated heterocycles. The normalized spacial score (nSPS) is 23.7. The van der Waals surface area contributed by atoms with Crippen LogP contribution in [0, 0.1) is 16.0 Å². The highest BCUT2D eigenvalue weighted by Gasteiger charge is 2.30. The highest BCUT2D eigenvalue weighted by atomic mass is 32.1.